The molecule has 0 aliphatic heterocycles. The molecule has 0 heterocycles. The molecule has 0 spiro atoms. The van der Waals surface area contributed by atoms with E-state index in [9.17, 15) is 0 Å². The van der Waals surface area contributed by atoms with Crippen LogP contribution in [0.2, 0.25) is 0 Å². The summed E-state index contributed by atoms with van der Waals surface area (Å²) in [6, 6.07) is 0. The molecule has 1 nitrogen and oxygen atoms in total. The second-order valence-electron chi connectivity index (χ2n) is 5.04. The second kappa shape index (κ2) is 9.04. The summed E-state index contributed by atoms with van der Waals surface area (Å²) in [7, 11) is 0. The van der Waals surface area contributed by atoms with Gasteiger partial charge in [-0.3, -0.25) is 0 Å². The van der Waals surface area contributed by atoms with Crippen molar-refractivity contribution in [3.8, 4) is 12.3 Å². The molecule has 0 radical (unpaired) electrons. The van der Waals surface area contributed by atoms with Crippen molar-refractivity contribution in [1.82, 2.24) is 5.32 Å². The van der Waals surface area contributed by atoms with Gasteiger partial charge in [0, 0.05) is 22.7 Å². The number of nitrogens with one attached hydrogen (secondary N) is 1. The van der Waals surface area contributed by atoms with E-state index in [4.69, 9.17) is 6.42 Å². The van der Waals surface area contributed by atoms with Crippen LogP contribution < -0.4 is 5.32 Å². The number of allylic oxidation sites excluding steroid dienone is 7. The summed E-state index contributed by atoms with van der Waals surface area (Å²) in [6.07, 6.45) is 19.7. The molecule has 1 rings (SSSR count). The van der Waals surface area contributed by atoms with Crippen LogP contribution >= 0.6 is 0 Å². The zero-order valence-electron chi connectivity index (χ0n) is 13.4. The molecule has 1 unspecified atom stereocenters. The maximum Gasteiger partial charge on any atom is 0.0381 e. The van der Waals surface area contributed by atoms with Gasteiger partial charge in [0.1, 0.15) is 0 Å². The lowest BCUT2D eigenvalue weighted by molar-refractivity contribution is 0.626. The Morgan fingerprint density at radius 1 is 1.40 bits per heavy atom. The zero-order valence-corrected chi connectivity index (χ0v) is 13.4. The molecular weight excluding hydrogens is 242 g/mol. The molecule has 0 aromatic carbocycles. The van der Waals surface area contributed by atoms with Crippen molar-refractivity contribution >= 4 is 0 Å². The first-order valence-electron chi connectivity index (χ1n) is 7.13. The Bertz CT molecular complexity index is 464. The molecule has 0 saturated carbocycles. The fourth-order valence-electron chi connectivity index (χ4n) is 1.54. The highest BCUT2D eigenvalue weighted by molar-refractivity contribution is 5.34. The van der Waals surface area contributed by atoms with Gasteiger partial charge in [-0.1, -0.05) is 58.4 Å². The molecular formula is C19H27N. The van der Waals surface area contributed by atoms with E-state index in [1.54, 1.807) is 6.08 Å². The van der Waals surface area contributed by atoms with E-state index in [0.29, 0.717) is 0 Å². The Kier molecular flexibility index (Phi) is 8.16. The third-order valence-corrected chi connectivity index (χ3v) is 2.70. The summed E-state index contributed by atoms with van der Waals surface area (Å²) in [5.41, 5.74) is 2.06. The Hall–Kier alpha value is -1.94. The summed E-state index contributed by atoms with van der Waals surface area (Å²) in [6.45, 7) is 14.1. The monoisotopic (exact) mass is 269 g/mol. The van der Waals surface area contributed by atoms with Crippen molar-refractivity contribution in [2.75, 3.05) is 0 Å². The molecule has 1 aliphatic rings. The van der Waals surface area contributed by atoms with Crippen LogP contribution in [0.25, 0.3) is 0 Å². The molecule has 0 aromatic heterocycles. The van der Waals surface area contributed by atoms with Crippen LogP contribution in [0.1, 0.15) is 34.6 Å². The summed E-state index contributed by atoms with van der Waals surface area (Å²) < 4.78 is 0. The van der Waals surface area contributed by atoms with Gasteiger partial charge in [-0.15, -0.1) is 6.42 Å². The van der Waals surface area contributed by atoms with Crippen LogP contribution in [0.4, 0.5) is 0 Å². The molecule has 0 fully saturated rings. The molecule has 0 saturated heterocycles. The Morgan fingerprint density at radius 3 is 2.60 bits per heavy atom. The van der Waals surface area contributed by atoms with E-state index in [-0.39, 0.29) is 11.3 Å². The van der Waals surface area contributed by atoms with Crippen LogP contribution in [0.15, 0.2) is 60.5 Å². The largest absolute Gasteiger partial charge is 0.356 e. The zero-order chi connectivity index (χ0) is 15.6. The number of hydrogen-bond donors (Lipinski definition) is 1. The number of terminal acetylenes is 1. The maximum atomic E-state index is 5.37. The molecule has 1 heteroatoms. The maximum absolute atomic E-state index is 5.37. The highest BCUT2D eigenvalue weighted by Crippen LogP contribution is 2.22. The number of rotatable bonds is 4. The minimum atomic E-state index is 0.0874. The van der Waals surface area contributed by atoms with Crippen LogP contribution in [-0.2, 0) is 0 Å². The van der Waals surface area contributed by atoms with Gasteiger partial charge < -0.3 is 5.32 Å². The van der Waals surface area contributed by atoms with E-state index in [0.717, 1.165) is 11.4 Å². The minimum absolute atomic E-state index is 0.0874. The highest BCUT2D eigenvalue weighted by atomic mass is 14.9. The molecule has 1 N–H and O–H groups in total. The lowest BCUT2D eigenvalue weighted by Crippen LogP contribution is -2.11. The fourth-order valence-corrected chi connectivity index (χ4v) is 1.54. The summed E-state index contributed by atoms with van der Waals surface area (Å²) >= 11 is 0. The third-order valence-electron chi connectivity index (χ3n) is 2.70. The first-order chi connectivity index (χ1) is 9.46. The van der Waals surface area contributed by atoms with Crippen molar-refractivity contribution in [2.45, 2.75) is 34.6 Å². The average molecular weight is 269 g/mol. The van der Waals surface area contributed by atoms with Gasteiger partial charge in [0.15, 0.2) is 0 Å². The highest BCUT2D eigenvalue weighted by Gasteiger charge is 2.10. The molecule has 108 valence electrons. The van der Waals surface area contributed by atoms with Crippen molar-refractivity contribution in [1.29, 1.82) is 0 Å². The van der Waals surface area contributed by atoms with Crippen LogP contribution in [0, 0.1) is 23.7 Å². The predicted octanol–water partition coefficient (Wildman–Crippen LogP) is 4.98. The average Bonchev–Trinajstić information content (AvgIpc) is 2.61. The molecule has 20 heavy (non-hydrogen) atoms. The molecule has 0 aromatic rings. The Balaban J connectivity index is 0.00000172. The SMILES string of the molecule is C#CC(C)/C=C(\C=C)NC1=CC=CC(C)(C)C=C1.CC. The first kappa shape index (κ1) is 18.1. The molecule has 0 amide bonds. The van der Waals surface area contributed by atoms with E-state index in [2.05, 4.69) is 56.0 Å². The summed E-state index contributed by atoms with van der Waals surface area (Å²) in [4.78, 5) is 0. The summed E-state index contributed by atoms with van der Waals surface area (Å²) in [5, 5.41) is 3.32. The van der Waals surface area contributed by atoms with Gasteiger partial charge in [0.2, 0.25) is 0 Å². The van der Waals surface area contributed by atoms with Gasteiger partial charge >= 0.3 is 0 Å². The molecule has 0 bridgehead atoms. The standard InChI is InChI=1S/C17H21N.C2H6/c1-6-14(3)13-15(7-2)18-16-9-8-11-17(4,5)12-10-16;1-2/h1,7-14,18H,2H2,3-5H3;1-2H3/b15-13+;. The normalized spacial score (nSPS) is 17.8. The smallest absolute Gasteiger partial charge is 0.0381 e. The minimum Gasteiger partial charge on any atom is -0.356 e. The summed E-state index contributed by atoms with van der Waals surface area (Å²) in [5.74, 6) is 2.77. The van der Waals surface area contributed by atoms with Crippen molar-refractivity contribution in [3.05, 3.63) is 60.5 Å². The second-order valence-corrected chi connectivity index (χ2v) is 5.04. The van der Waals surface area contributed by atoms with Gasteiger partial charge in [-0.05, 0) is 31.2 Å². The first-order valence-corrected chi connectivity index (χ1v) is 7.13. The Labute approximate surface area is 124 Å². The van der Waals surface area contributed by atoms with Crippen LogP contribution in [-0.4, -0.2) is 0 Å². The lowest BCUT2D eigenvalue weighted by Gasteiger charge is -2.13. The van der Waals surface area contributed by atoms with E-state index in [1.165, 1.54) is 0 Å². The Morgan fingerprint density at radius 2 is 2.05 bits per heavy atom. The van der Waals surface area contributed by atoms with Crippen LogP contribution in [0.5, 0.6) is 0 Å². The third kappa shape index (κ3) is 6.85. The fraction of sp³-hybridized carbons (Fsp3) is 0.368. The van der Waals surface area contributed by atoms with Crippen molar-refractivity contribution < 1.29 is 0 Å². The van der Waals surface area contributed by atoms with E-state index in [1.807, 2.05) is 32.9 Å². The number of hydrogen-bond acceptors (Lipinski definition) is 1. The van der Waals surface area contributed by atoms with E-state index >= 15 is 0 Å². The van der Waals surface area contributed by atoms with Gasteiger partial charge in [-0.2, -0.15) is 0 Å². The predicted molar refractivity (Wildman–Crippen MR) is 90.9 cm³/mol. The lowest BCUT2D eigenvalue weighted by atomic mass is 9.93. The van der Waals surface area contributed by atoms with E-state index < -0.39 is 0 Å². The van der Waals surface area contributed by atoms with Crippen molar-refractivity contribution in [3.63, 3.8) is 0 Å². The molecule has 1 atom stereocenters. The van der Waals surface area contributed by atoms with Gasteiger partial charge in [0.25, 0.3) is 0 Å². The van der Waals surface area contributed by atoms with Crippen molar-refractivity contribution in [2.24, 2.45) is 11.3 Å². The van der Waals surface area contributed by atoms with Gasteiger partial charge in [-0.25, -0.2) is 0 Å². The quantitative estimate of drug-likeness (QED) is 0.561. The molecule has 1 aliphatic carbocycles. The van der Waals surface area contributed by atoms with Gasteiger partial charge in [0.05, 0.1) is 0 Å². The van der Waals surface area contributed by atoms with Crippen LogP contribution in [0.3, 0.4) is 0 Å². The topological polar surface area (TPSA) is 12.0 Å².